The van der Waals surface area contributed by atoms with Crippen LogP contribution < -0.4 is 4.90 Å². The maximum absolute atomic E-state index is 13.4. The molecule has 2 aromatic carbocycles. The van der Waals surface area contributed by atoms with Gasteiger partial charge in [-0.15, -0.1) is 0 Å². The molecule has 170 valence electrons. The van der Waals surface area contributed by atoms with Gasteiger partial charge >= 0.3 is 0 Å². The Balaban J connectivity index is 1.53. The number of piperidine rings is 1. The highest BCUT2D eigenvalue weighted by atomic mass is 16.2. The van der Waals surface area contributed by atoms with Crippen LogP contribution in [0, 0.1) is 0 Å². The molecule has 2 amide bonds. The Bertz CT molecular complexity index is 1160. The lowest BCUT2D eigenvalue weighted by Gasteiger charge is -2.27. The number of fused-ring (bicyclic) bond motifs is 1. The molecule has 3 heterocycles. The fraction of sp³-hybridized carbons (Fsp3) is 0.385. The van der Waals surface area contributed by atoms with Crippen LogP contribution in [-0.4, -0.2) is 51.1 Å². The minimum atomic E-state index is -0.179. The Morgan fingerprint density at radius 1 is 0.939 bits per heavy atom. The van der Waals surface area contributed by atoms with Gasteiger partial charge in [-0.3, -0.25) is 14.3 Å². The highest BCUT2D eigenvalue weighted by molar-refractivity contribution is 6.08. The van der Waals surface area contributed by atoms with Crippen molar-refractivity contribution in [1.82, 2.24) is 19.7 Å². The van der Waals surface area contributed by atoms with E-state index < -0.39 is 0 Å². The van der Waals surface area contributed by atoms with E-state index in [0.29, 0.717) is 23.5 Å². The lowest BCUT2D eigenvalue weighted by atomic mass is 9.97. The fourth-order valence-corrected chi connectivity index (χ4v) is 4.72. The van der Waals surface area contributed by atoms with Gasteiger partial charge in [0, 0.05) is 42.5 Å². The SMILES string of the molecule is CC(C)n1cnc(C2CN(C(=O)c3ccccc3)c3ccc(C(=O)N4CCCCC4)cc32)n1. The third kappa shape index (κ3) is 4.03. The van der Waals surface area contributed by atoms with Gasteiger partial charge < -0.3 is 9.80 Å². The lowest BCUT2D eigenvalue weighted by Crippen LogP contribution is -2.35. The van der Waals surface area contributed by atoms with E-state index in [0.717, 1.165) is 37.2 Å². The maximum atomic E-state index is 13.4. The highest BCUT2D eigenvalue weighted by Gasteiger charge is 2.37. The summed E-state index contributed by atoms with van der Waals surface area (Å²) < 4.78 is 1.83. The molecule has 5 rings (SSSR count). The number of rotatable bonds is 4. The largest absolute Gasteiger partial charge is 0.339 e. The van der Waals surface area contributed by atoms with Crippen LogP contribution in [0.5, 0.6) is 0 Å². The molecule has 1 saturated heterocycles. The monoisotopic (exact) mass is 443 g/mol. The van der Waals surface area contributed by atoms with Crippen molar-refractivity contribution in [3.8, 4) is 0 Å². The minimum absolute atomic E-state index is 0.0576. The molecular weight excluding hydrogens is 414 g/mol. The summed E-state index contributed by atoms with van der Waals surface area (Å²) in [4.78, 5) is 34.9. The van der Waals surface area contributed by atoms with Gasteiger partial charge in [0.25, 0.3) is 11.8 Å². The number of hydrogen-bond acceptors (Lipinski definition) is 4. The molecule has 2 aliphatic rings. The molecule has 1 unspecified atom stereocenters. The first-order chi connectivity index (χ1) is 16.0. The number of benzene rings is 2. The van der Waals surface area contributed by atoms with Gasteiger partial charge in [-0.25, -0.2) is 4.98 Å². The summed E-state index contributed by atoms with van der Waals surface area (Å²) in [7, 11) is 0. The van der Waals surface area contributed by atoms with Crippen LogP contribution in [0.25, 0.3) is 0 Å². The zero-order valence-corrected chi connectivity index (χ0v) is 19.1. The summed E-state index contributed by atoms with van der Waals surface area (Å²) in [5.74, 6) is 0.500. The normalized spacial score (nSPS) is 18.0. The number of amides is 2. The summed E-state index contributed by atoms with van der Waals surface area (Å²) in [6, 6.07) is 15.2. The summed E-state index contributed by atoms with van der Waals surface area (Å²) >= 11 is 0. The van der Waals surface area contributed by atoms with Crippen molar-refractivity contribution in [3.63, 3.8) is 0 Å². The van der Waals surface area contributed by atoms with Crippen molar-refractivity contribution in [1.29, 1.82) is 0 Å². The Kier molecular flexibility index (Phi) is 5.70. The van der Waals surface area contributed by atoms with E-state index in [1.54, 1.807) is 11.2 Å². The van der Waals surface area contributed by atoms with Gasteiger partial charge in [-0.2, -0.15) is 5.10 Å². The molecule has 1 aromatic heterocycles. The van der Waals surface area contributed by atoms with Crippen LogP contribution in [0.3, 0.4) is 0 Å². The van der Waals surface area contributed by atoms with E-state index >= 15 is 0 Å². The molecule has 2 aliphatic heterocycles. The molecule has 33 heavy (non-hydrogen) atoms. The van der Waals surface area contributed by atoms with Gasteiger partial charge in [-0.1, -0.05) is 18.2 Å². The van der Waals surface area contributed by atoms with Gasteiger partial charge in [0.2, 0.25) is 0 Å². The summed E-state index contributed by atoms with van der Waals surface area (Å²) in [6.45, 7) is 6.17. The van der Waals surface area contributed by atoms with E-state index in [1.807, 2.05) is 58.1 Å². The molecular formula is C26H29N5O2. The Labute approximate surface area is 194 Å². The van der Waals surface area contributed by atoms with Crippen molar-refractivity contribution in [2.75, 3.05) is 24.5 Å². The zero-order chi connectivity index (χ0) is 22.9. The fourth-order valence-electron chi connectivity index (χ4n) is 4.72. The first kappa shape index (κ1) is 21.4. The number of carbonyl (C=O) groups is 2. The van der Waals surface area contributed by atoms with E-state index in [4.69, 9.17) is 5.10 Å². The number of carbonyl (C=O) groups excluding carboxylic acids is 2. The Hall–Kier alpha value is -3.48. The van der Waals surface area contributed by atoms with Crippen molar-refractivity contribution >= 4 is 17.5 Å². The molecule has 3 aromatic rings. The summed E-state index contributed by atoms with van der Waals surface area (Å²) in [6.07, 6.45) is 5.02. The van der Waals surface area contributed by atoms with E-state index in [-0.39, 0.29) is 23.8 Å². The van der Waals surface area contributed by atoms with Crippen LogP contribution >= 0.6 is 0 Å². The molecule has 1 atom stereocenters. The van der Waals surface area contributed by atoms with Crippen molar-refractivity contribution in [2.24, 2.45) is 0 Å². The number of anilines is 1. The Morgan fingerprint density at radius 2 is 1.70 bits per heavy atom. The van der Waals surface area contributed by atoms with E-state index in [2.05, 4.69) is 18.8 Å². The third-order valence-electron chi connectivity index (χ3n) is 6.58. The van der Waals surface area contributed by atoms with E-state index in [9.17, 15) is 9.59 Å². The van der Waals surface area contributed by atoms with Gasteiger partial charge in [0.1, 0.15) is 6.33 Å². The summed E-state index contributed by atoms with van der Waals surface area (Å²) in [5.41, 5.74) is 3.06. The van der Waals surface area contributed by atoms with Gasteiger partial charge in [0.05, 0.1) is 5.92 Å². The van der Waals surface area contributed by atoms with Crippen LogP contribution in [-0.2, 0) is 0 Å². The average molecular weight is 444 g/mol. The molecule has 0 aliphatic carbocycles. The third-order valence-corrected chi connectivity index (χ3v) is 6.58. The minimum Gasteiger partial charge on any atom is -0.339 e. The predicted octanol–water partition coefficient (Wildman–Crippen LogP) is 4.28. The van der Waals surface area contributed by atoms with E-state index in [1.165, 1.54) is 6.42 Å². The maximum Gasteiger partial charge on any atom is 0.258 e. The second kappa shape index (κ2) is 8.81. The predicted molar refractivity (Wildman–Crippen MR) is 127 cm³/mol. The van der Waals surface area contributed by atoms with Gasteiger partial charge in [-0.05, 0) is 69.0 Å². The smallest absolute Gasteiger partial charge is 0.258 e. The van der Waals surface area contributed by atoms with Crippen molar-refractivity contribution in [3.05, 3.63) is 77.4 Å². The first-order valence-corrected chi connectivity index (χ1v) is 11.7. The molecule has 0 bridgehead atoms. The van der Waals surface area contributed by atoms with Crippen LogP contribution in [0.4, 0.5) is 5.69 Å². The lowest BCUT2D eigenvalue weighted by molar-refractivity contribution is 0.0724. The molecule has 7 heteroatoms. The average Bonchev–Trinajstić information content (AvgIpc) is 3.49. The Morgan fingerprint density at radius 3 is 2.39 bits per heavy atom. The van der Waals surface area contributed by atoms with Gasteiger partial charge in [0.15, 0.2) is 5.82 Å². The summed E-state index contributed by atoms with van der Waals surface area (Å²) in [5, 5.41) is 4.69. The standard InChI is InChI=1S/C26H29N5O2/c1-18(2)31-17-27-24(28-31)22-16-30(26(33)19-9-5-3-6-10-19)23-12-11-20(15-21(22)23)25(32)29-13-7-4-8-14-29/h3,5-6,9-12,15,17-18,22H,4,7-8,13-14,16H2,1-2H3. The van der Waals surface area contributed by atoms with Crippen LogP contribution in [0.2, 0.25) is 0 Å². The molecule has 0 spiro atoms. The second-order valence-corrected chi connectivity index (χ2v) is 9.14. The number of hydrogen-bond donors (Lipinski definition) is 0. The van der Waals surface area contributed by atoms with Crippen molar-refractivity contribution in [2.45, 2.75) is 45.1 Å². The number of likely N-dealkylation sites (tertiary alicyclic amines) is 1. The van der Waals surface area contributed by atoms with Crippen LogP contribution in [0.15, 0.2) is 54.9 Å². The molecule has 1 fully saturated rings. The second-order valence-electron chi connectivity index (χ2n) is 9.14. The van der Waals surface area contributed by atoms with Crippen LogP contribution in [0.1, 0.15) is 77.2 Å². The molecule has 7 nitrogen and oxygen atoms in total. The highest BCUT2D eigenvalue weighted by Crippen LogP contribution is 2.40. The quantitative estimate of drug-likeness (QED) is 0.604. The van der Waals surface area contributed by atoms with Crippen molar-refractivity contribution < 1.29 is 9.59 Å². The number of nitrogens with zero attached hydrogens (tertiary/aromatic N) is 5. The molecule has 0 N–H and O–H groups in total. The molecule has 0 radical (unpaired) electrons. The number of aromatic nitrogens is 3. The first-order valence-electron chi connectivity index (χ1n) is 11.7. The molecule has 0 saturated carbocycles. The topological polar surface area (TPSA) is 71.3 Å². The zero-order valence-electron chi connectivity index (χ0n) is 19.1.